The largest absolute Gasteiger partial charge is 0.389 e. The van der Waals surface area contributed by atoms with Crippen LogP contribution in [0.15, 0.2) is 24.3 Å². The monoisotopic (exact) mass is 165 g/mol. The molecule has 0 aromatic heterocycles. The Morgan fingerprint density at radius 2 is 1.83 bits per heavy atom. The summed E-state index contributed by atoms with van der Waals surface area (Å²) in [4.78, 5) is 2.00. The number of nitrogens with zero attached hydrogens (tertiary/aromatic N) is 1. The highest BCUT2D eigenvalue weighted by atomic mass is 16.3. The molecule has 1 N–H and O–H groups in total. The first kappa shape index (κ1) is 9.07. The molecule has 0 aliphatic heterocycles. The van der Waals surface area contributed by atoms with Crippen molar-refractivity contribution >= 4 is 5.69 Å². The van der Waals surface area contributed by atoms with Gasteiger partial charge in [0.2, 0.25) is 0 Å². The molecule has 0 spiro atoms. The normalized spacial score (nSPS) is 12.7. The van der Waals surface area contributed by atoms with Crippen LogP contribution < -0.4 is 4.90 Å². The van der Waals surface area contributed by atoms with E-state index in [4.69, 9.17) is 0 Å². The van der Waals surface area contributed by atoms with Crippen LogP contribution in [0.2, 0.25) is 0 Å². The van der Waals surface area contributed by atoms with Crippen LogP contribution in [-0.2, 0) is 0 Å². The third-order valence-corrected chi connectivity index (χ3v) is 1.87. The molecule has 0 saturated carbocycles. The van der Waals surface area contributed by atoms with E-state index in [9.17, 15) is 5.11 Å². The maximum Gasteiger partial charge on any atom is 0.0781 e. The summed E-state index contributed by atoms with van der Waals surface area (Å²) in [5.41, 5.74) is 2.05. The SMILES string of the molecule is C[C@H](O)c1ccccc1N(C)C. The Balaban J connectivity index is 3.09. The van der Waals surface area contributed by atoms with Gasteiger partial charge < -0.3 is 10.0 Å². The van der Waals surface area contributed by atoms with Crippen LogP contribution in [0.4, 0.5) is 5.69 Å². The van der Waals surface area contributed by atoms with Crippen LogP contribution in [-0.4, -0.2) is 19.2 Å². The van der Waals surface area contributed by atoms with E-state index in [-0.39, 0.29) is 0 Å². The molecular formula is C10H15NO. The fourth-order valence-electron chi connectivity index (χ4n) is 1.25. The van der Waals surface area contributed by atoms with Gasteiger partial charge in [-0.3, -0.25) is 0 Å². The fraction of sp³-hybridized carbons (Fsp3) is 0.400. The van der Waals surface area contributed by atoms with Crippen molar-refractivity contribution in [2.24, 2.45) is 0 Å². The van der Waals surface area contributed by atoms with Crippen molar-refractivity contribution in [1.29, 1.82) is 0 Å². The highest BCUT2D eigenvalue weighted by molar-refractivity contribution is 5.53. The van der Waals surface area contributed by atoms with Crippen LogP contribution in [0.3, 0.4) is 0 Å². The van der Waals surface area contributed by atoms with E-state index < -0.39 is 6.10 Å². The summed E-state index contributed by atoms with van der Waals surface area (Å²) in [7, 11) is 3.95. The first-order valence-corrected chi connectivity index (χ1v) is 4.07. The van der Waals surface area contributed by atoms with Gasteiger partial charge in [0.15, 0.2) is 0 Å². The first-order valence-electron chi connectivity index (χ1n) is 4.07. The van der Waals surface area contributed by atoms with Crippen molar-refractivity contribution in [3.8, 4) is 0 Å². The minimum absolute atomic E-state index is 0.399. The Morgan fingerprint density at radius 3 is 2.25 bits per heavy atom. The quantitative estimate of drug-likeness (QED) is 0.722. The molecule has 66 valence electrons. The van der Waals surface area contributed by atoms with E-state index in [2.05, 4.69) is 0 Å². The lowest BCUT2D eigenvalue weighted by Crippen LogP contribution is -2.12. The lowest BCUT2D eigenvalue weighted by atomic mass is 10.1. The Morgan fingerprint density at radius 1 is 1.25 bits per heavy atom. The minimum Gasteiger partial charge on any atom is -0.389 e. The molecule has 0 amide bonds. The van der Waals surface area contributed by atoms with Crippen LogP contribution >= 0.6 is 0 Å². The lowest BCUT2D eigenvalue weighted by molar-refractivity contribution is 0.199. The molecule has 0 heterocycles. The average Bonchev–Trinajstić information content (AvgIpc) is 2.04. The zero-order valence-corrected chi connectivity index (χ0v) is 7.78. The molecule has 0 bridgehead atoms. The molecule has 1 atom stereocenters. The smallest absolute Gasteiger partial charge is 0.0781 e. The molecule has 0 radical (unpaired) electrons. The number of aliphatic hydroxyl groups is 1. The Kier molecular flexibility index (Phi) is 2.71. The van der Waals surface area contributed by atoms with Crippen LogP contribution in [0.1, 0.15) is 18.6 Å². The maximum absolute atomic E-state index is 9.43. The number of rotatable bonds is 2. The molecule has 0 saturated heterocycles. The third kappa shape index (κ3) is 1.77. The number of para-hydroxylation sites is 1. The van der Waals surface area contributed by atoms with E-state index >= 15 is 0 Å². The summed E-state index contributed by atoms with van der Waals surface area (Å²) in [5.74, 6) is 0. The van der Waals surface area contributed by atoms with Gasteiger partial charge in [-0.2, -0.15) is 0 Å². The topological polar surface area (TPSA) is 23.5 Å². The highest BCUT2D eigenvalue weighted by Gasteiger charge is 2.07. The fourth-order valence-corrected chi connectivity index (χ4v) is 1.25. The van der Waals surface area contributed by atoms with Gasteiger partial charge in [0, 0.05) is 25.3 Å². The number of anilines is 1. The summed E-state index contributed by atoms with van der Waals surface area (Å²) in [6.45, 7) is 1.78. The maximum atomic E-state index is 9.43. The molecule has 0 aliphatic carbocycles. The lowest BCUT2D eigenvalue weighted by Gasteiger charge is -2.18. The summed E-state index contributed by atoms with van der Waals surface area (Å²) in [5, 5.41) is 9.43. The van der Waals surface area contributed by atoms with E-state index in [1.54, 1.807) is 6.92 Å². The Bertz CT molecular complexity index is 229. The molecule has 1 aromatic carbocycles. The molecule has 2 heteroatoms. The summed E-state index contributed by atoms with van der Waals surface area (Å²) >= 11 is 0. The van der Waals surface area contributed by atoms with E-state index in [1.807, 2.05) is 43.3 Å². The van der Waals surface area contributed by atoms with Crippen molar-refractivity contribution in [1.82, 2.24) is 0 Å². The third-order valence-electron chi connectivity index (χ3n) is 1.87. The number of aliphatic hydroxyl groups excluding tert-OH is 1. The second-order valence-electron chi connectivity index (χ2n) is 3.13. The van der Waals surface area contributed by atoms with Gasteiger partial charge in [-0.25, -0.2) is 0 Å². The van der Waals surface area contributed by atoms with Crippen LogP contribution in [0, 0.1) is 0 Å². The second-order valence-corrected chi connectivity index (χ2v) is 3.13. The minimum atomic E-state index is -0.399. The molecule has 1 rings (SSSR count). The number of hydrogen-bond acceptors (Lipinski definition) is 2. The van der Waals surface area contributed by atoms with Crippen molar-refractivity contribution in [3.05, 3.63) is 29.8 Å². The molecule has 0 fully saturated rings. The van der Waals surface area contributed by atoms with Gasteiger partial charge in [0.05, 0.1) is 6.10 Å². The molecule has 12 heavy (non-hydrogen) atoms. The van der Waals surface area contributed by atoms with Gasteiger partial charge >= 0.3 is 0 Å². The summed E-state index contributed by atoms with van der Waals surface area (Å²) < 4.78 is 0. The number of benzene rings is 1. The van der Waals surface area contributed by atoms with Gasteiger partial charge in [0.1, 0.15) is 0 Å². The van der Waals surface area contributed by atoms with Crippen molar-refractivity contribution < 1.29 is 5.11 Å². The molecule has 0 unspecified atom stereocenters. The van der Waals surface area contributed by atoms with E-state index in [1.165, 1.54) is 0 Å². The van der Waals surface area contributed by atoms with Gasteiger partial charge in [-0.1, -0.05) is 18.2 Å². The Labute approximate surface area is 73.4 Å². The van der Waals surface area contributed by atoms with Crippen molar-refractivity contribution in [2.45, 2.75) is 13.0 Å². The first-order chi connectivity index (χ1) is 5.63. The van der Waals surface area contributed by atoms with E-state index in [0.717, 1.165) is 11.3 Å². The van der Waals surface area contributed by atoms with Gasteiger partial charge in [0.25, 0.3) is 0 Å². The zero-order valence-electron chi connectivity index (χ0n) is 7.78. The van der Waals surface area contributed by atoms with Crippen molar-refractivity contribution in [2.75, 3.05) is 19.0 Å². The summed E-state index contributed by atoms with van der Waals surface area (Å²) in [6.07, 6.45) is -0.399. The second kappa shape index (κ2) is 3.59. The zero-order chi connectivity index (χ0) is 9.14. The van der Waals surface area contributed by atoms with E-state index in [0.29, 0.717) is 0 Å². The predicted octanol–water partition coefficient (Wildman–Crippen LogP) is 1.81. The van der Waals surface area contributed by atoms with Gasteiger partial charge in [-0.15, -0.1) is 0 Å². The van der Waals surface area contributed by atoms with Crippen LogP contribution in [0.5, 0.6) is 0 Å². The Hall–Kier alpha value is -1.02. The average molecular weight is 165 g/mol. The molecule has 2 nitrogen and oxygen atoms in total. The molecular weight excluding hydrogens is 150 g/mol. The molecule has 0 aliphatic rings. The highest BCUT2D eigenvalue weighted by Crippen LogP contribution is 2.23. The number of hydrogen-bond donors (Lipinski definition) is 1. The van der Waals surface area contributed by atoms with Crippen LogP contribution in [0.25, 0.3) is 0 Å². The summed E-state index contributed by atoms with van der Waals surface area (Å²) in [6, 6.07) is 7.86. The van der Waals surface area contributed by atoms with Gasteiger partial charge in [-0.05, 0) is 13.0 Å². The molecule has 1 aromatic rings. The standard InChI is InChI=1S/C10H15NO/c1-8(12)9-6-4-5-7-10(9)11(2)3/h4-8,12H,1-3H3/t8-/m0/s1. The van der Waals surface area contributed by atoms with Crippen molar-refractivity contribution in [3.63, 3.8) is 0 Å². The predicted molar refractivity (Wildman–Crippen MR) is 51.4 cm³/mol.